The Morgan fingerprint density at radius 3 is 2.50 bits per heavy atom. The molecule has 1 unspecified atom stereocenters. The average Bonchev–Trinajstić information content (AvgIpc) is 3.19. The molecular formula is C28H33N3O. The van der Waals surface area contributed by atoms with Crippen molar-refractivity contribution in [2.45, 2.75) is 63.6 Å². The van der Waals surface area contributed by atoms with Gasteiger partial charge >= 0.3 is 0 Å². The van der Waals surface area contributed by atoms with Gasteiger partial charge in [-0.3, -0.25) is 9.79 Å². The molecule has 1 atom stereocenters. The van der Waals surface area contributed by atoms with E-state index in [0.29, 0.717) is 25.0 Å². The number of nitrogens with zero attached hydrogens (tertiary/aromatic N) is 2. The lowest BCUT2D eigenvalue weighted by Crippen LogP contribution is -2.41. The highest BCUT2D eigenvalue weighted by Gasteiger charge is 2.28. The van der Waals surface area contributed by atoms with Crippen LogP contribution in [0, 0.1) is 0 Å². The molecule has 32 heavy (non-hydrogen) atoms. The van der Waals surface area contributed by atoms with Crippen molar-refractivity contribution in [3.63, 3.8) is 0 Å². The Bertz CT molecular complexity index is 1080. The lowest BCUT2D eigenvalue weighted by Gasteiger charge is -2.33. The van der Waals surface area contributed by atoms with E-state index < -0.39 is 0 Å². The molecule has 1 heterocycles. The monoisotopic (exact) mass is 427 g/mol. The fourth-order valence-corrected chi connectivity index (χ4v) is 5.46. The predicted octanol–water partition coefficient (Wildman–Crippen LogP) is 4.72. The Morgan fingerprint density at radius 2 is 1.78 bits per heavy atom. The molecule has 0 aromatic heterocycles. The summed E-state index contributed by atoms with van der Waals surface area (Å²) in [5.41, 5.74) is 6.88. The standard InChI is InChI=1S/C28H33N3O/c1-18(19-7-5-4-6-8-19)25-14-21-15-26-22(13-20(21)16-27(25)32)17-29-28(26)30-23-9-11-24(12-10-23)31(2)3/h4-8,13-15,18,23-24H,9-12,16-17H2,1-3H3,(H,29,30). The van der Waals surface area contributed by atoms with E-state index in [9.17, 15) is 4.79 Å². The van der Waals surface area contributed by atoms with E-state index in [4.69, 9.17) is 4.99 Å². The van der Waals surface area contributed by atoms with Crippen molar-refractivity contribution in [3.05, 3.63) is 75.9 Å². The van der Waals surface area contributed by atoms with Gasteiger partial charge in [0.25, 0.3) is 0 Å². The Kier molecular flexibility index (Phi) is 5.73. The summed E-state index contributed by atoms with van der Waals surface area (Å²) in [6, 6.07) is 16.0. The zero-order chi connectivity index (χ0) is 22.2. The SMILES string of the molecule is CC(C1=Cc2cc3c(cc2CC1=O)CN=C3NC1CCC(N(C)C)CC1)c1ccccc1. The number of aliphatic imine (C=N–C) groups is 1. The lowest BCUT2D eigenvalue weighted by atomic mass is 9.81. The molecule has 1 N–H and O–H groups in total. The Labute approximate surface area is 191 Å². The highest BCUT2D eigenvalue weighted by Crippen LogP contribution is 2.34. The molecule has 1 fully saturated rings. The highest BCUT2D eigenvalue weighted by atomic mass is 16.1. The summed E-state index contributed by atoms with van der Waals surface area (Å²) in [6.07, 6.45) is 7.46. The maximum Gasteiger partial charge on any atom is 0.163 e. The third-order valence-electron chi connectivity index (χ3n) is 7.55. The minimum atomic E-state index is 0.100. The summed E-state index contributed by atoms with van der Waals surface area (Å²) in [7, 11) is 4.37. The van der Waals surface area contributed by atoms with Crippen LogP contribution in [-0.4, -0.2) is 42.7 Å². The quantitative estimate of drug-likeness (QED) is 0.768. The summed E-state index contributed by atoms with van der Waals surface area (Å²) in [6.45, 7) is 2.85. The molecule has 4 nitrogen and oxygen atoms in total. The maximum atomic E-state index is 13.0. The zero-order valence-electron chi connectivity index (χ0n) is 19.4. The highest BCUT2D eigenvalue weighted by molar-refractivity contribution is 6.07. The van der Waals surface area contributed by atoms with E-state index >= 15 is 0 Å². The van der Waals surface area contributed by atoms with Crippen molar-refractivity contribution in [3.8, 4) is 0 Å². The van der Waals surface area contributed by atoms with E-state index in [1.165, 1.54) is 47.9 Å². The first-order chi connectivity index (χ1) is 15.5. The zero-order valence-corrected chi connectivity index (χ0v) is 19.4. The number of benzene rings is 2. The first-order valence-electron chi connectivity index (χ1n) is 11.9. The molecule has 0 saturated heterocycles. The van der Waals surface area contributed by atoms with Crippen LogP contribution in [0.2, 0.25) is 0 Å². The number of amidine groups is 1. The summed E-state index contributed by atoms with van der Waals surface area (Å²) >= 11 is 0. The van der Waals surface area contributed by atoms with E-state index in [2.05, 4.69) is 61.6 Å². The Balaban J connectivity index is 1.37. The molecule has 4 heteroatoms. The number of nitrogens with one attached hydrogen (secondary N) is 1. The van der Waals surface area contributed by atoms with Crippen LogP contribution in [0.4, 0.5) is 0 Å². The van der Waals surface area contributed by atoms with Crippen molar-refractivity contribution >= 4 is 17.7 Å². The van der Waals surface area contributed by atoms with Crippen LogP contribution >= 0.6 is 0 Å². The summed E-state index contributed by atoms with van der Waals surface area (Å²) < 4.78 is 0. The fraction of sp³-hybridized carbons (Fsp3) is 0.429. The molecule has 2 aromatic carbocycles. The number of hydrogen-bond acceptors (Lipinski definition) is 4. The van der Waals surface area contributed by atoms with Crippen LogP contribution in [0.1, 0.15) is 66.3 Å². The molecule has 0 radical (unpaired) electrons. The normalized spacial score (nSPS) is 23.3. The topological polar surface area (TPSA) is 44.7 Å². The van der Waals surface area contributed by atoms with Gasteiger partial charge in [-0.2, -0.15) is 0 Å². The first kappa shape index (κ1) is 21.1. The number of ketones is 1. The molecule has 0 spiro atoms. The lowest BCUT2D eigenvalue weighted by molar-refractivity contribution is -0.115. The summed E-state index contributed by atoms with van der Waals surface area (Å²) in [5.74, 6) is 1.38. The van der Waals surface area contributed by atoms with Gasteiger partial charge in [-0.1, -0.05) is 43.3 Å². The van der Waals surface area contributed by atoms with Gasteiger partial charge in [0.05, 0.1) is 6.54 Å². The van der Waals surface area contributed by atoms with Crippen LogP contribution in [0.25, 0.3) is 6.08 Å². The number of fused-ring (bicyclic) bond motifs is 2. The molecule has 2 aliphatic carbocycles. The second-order valence-corrected chi connectivity index (χ2v) is 9.82. The van der Waals surface area contributed by atoms with Crippen LogP contribution < -0.4 is 5.32 Å². The molecule has 2 aromatic rings. The third kappa shape index (κ3) is 4.04. The molecule has 3 aliphatic rings. The van der Waals surface area contributed by atoms with Gasteiger partial charge < -0.3 is 10.2 Å². The molecular weight excluding hydrogens is 394 g/mol. The number of carbonyl (C=O) groups excluding carboxylic acids is 1. The minimum Gasteiger partial charge on any atom is -0.367 e. The van der Waals surface area contributed by atoms with Crippen LogP contribution in [0.3, 0.4) is 0 Å². The van der Waals surface area contributed by atoms with Crippen molar-refractivity contribution in [1.29, 1.82) is 0 Å². The van der Waals surface area contributed by atoms with Crippen molar-refractivity contribution in [2.24, 2.45) is 4.99 Å². The van der Waals surface area contributed by atoms with E-state index in [1.807, 2.05) is 18.2 Å². The first-order valence-corrected chi connectivity index (χ1v) is 11.9. The van der Waals surface area contributed by atoms with E-state index in [-0.39, 0.29) is 11.7 Å². The van der Waals surface area contributed by atoms with Crippen molar-refractivity contribution < 1.29 is 4.79 Å². The van der Waals surface area contributed by atoms with Crippen LogP contribution in [0.15, 0.2) is 53.0 Å². The summed E-state index contributed by atoms with van der Waals surface area (Å²) in [5, 5.41) is 3.75. The van der Waals surface area contributed by atoms with Gasteiger partial charge in [-0.25, -0.2) is 0 Å². The number of rotatable bonds is 4. The van der Waals surface area contributed by atoms with Crippen molar-refractivity contribution in [2.75, 3.05) is 14.1 Å². The predicted molar refractivity (Wildman–Crippen MR) is 131 cm³/mol. The Morgan fingerprint density at radius 1 is 1.03 bits per heavy atom. The molecule has 0 amide bonds. The van der Waals surface area contributed by atoms with E-state index in [0.717, 1.165) is 17.0 Å². The Hall–Kier alpha value is -2.72. The van der Waals surface area contributed by atoms with Crippen molar-refractivity contribution in [1.82, 2.24) is 10.2 Å². The second kappa shape index (κ2) is 8.67. The van der Waals surface area contributed by atoms with Gasteiger partial charge in [-0.15, -0.1) is 0 Å². The number of carbonyl (C=O) groups is 1. The largest absolute Gasteiger partial charge is 0.367 e. The van der Waals surface area contributed by atoms with Gasteiger partial charge in [0.2, 0.25) is 0 Å². The van der Waals surface area contributed by atoms with E-state index in [1.54, 1.807) is 0 Å². The van der Waals surface area contributed by atoms with Gasteiger partial charge in [0.1, 0.15) is 5.84 Å². The molecule has 1 saturated carbocycles. The fourth-order valence-electron chi connectivity index (χ4n) is 5.46. The minimum absolute atomic E-state index is 0.100. The molecule has 5 rings (SSSR count). The number of allylic oxidation sites excluding steroid dienone is 1. The number of Topliss-reactive ketones (excluding diaryl/α,β-unsaturated/α-hetero) is 1. The number of hydrogen-bond donors (Lipinski definition) is 1. The average molecular weight is 428 g/mol. The smallest absolute Gasteiger partial charge is 0.163 e. The second-order valence-electron chi connectivity index (χ2n) is 9.82. The van der Waals surface area contributed by atoms with Gasteiger partial charge in [0, 0.05) is 35.6 Å². The summed E-state index contributed by atoms with van der Waals surface area (Å²) in [4.78, 5) is 20.1. The molecule has 0 bridgehead atoms. The van der Waals surface area contributed by atoms with Gasteiger partial charge in [0.15, 0.2) is 5.78 Å². The van der Waals surface area contributed by atoms with Crippen LogP contribution in [0.5, 0.6) is 0 Å². The molecule has 166 valence electrons. The maximum absolute atomic E-state index is 13.0. The van der Waals surface area contributed by atoms with Gasteiger partial charge in [-0.05, 0) is 74.2 Å². The third-order valence-corrected chi connectivity index (χ3v) is 7.55. The van der Waals surface area contributed by atoms with Crippen LogP contribution in [-0.2, 0) is 17.8 Å². The molecule has 1 aliphatic heterocycles.